The number of carbonyl (C=O) groups is 2. The lowest BCUT2D eigenvalue weighted by Gasteiger charge is -2.35. The first-order chi connectivity index (χ1) is 9.65. The largest absolute Gasteiger partial charge is 0.351 e. The third kappa shape index (κ3) is 2.52. The van der Waals surface area contributed by atoms with Crippen LogP contribution in [0.25, 0.3) is 0 Å². The first kappa shape index (κ1) is 13.4. The highest BCUT2D eigenvalue weighted by molar-refractivity contribution is 7.10. The number of urea groups is 1. The van der Waals surface area contributed by atoms with Crippen molar-refractivity contribution < 1.29 is 9.59 Å². The SMILES string of the molecule is NC(=O)N1CCC[C@H](C(=O)N2CCc3sccc3C2)C1. The van der Waals surface area contributed by atoms with E-state index in [1.807, 2.05) is 4.90 Å². The lowest BCUT2D eigenvalue weighted by Crippen LogP contribution is -2.49. The maximum Gasteiger partial charge on any atom is 0.314 e. The standard InChI is InChI=1S/C14H19N3O2S/c15-14(19)17-5-1-2-11(9-17)13(18)16-6-3-12-10(8-16)4-7-20-12/h4,7,11H,1-3,5-6,8-9H2,(H2,15,19)/t11-/m0/s1. The van der Waals surface area contributed by atoms with Gasteiger partial charge in [-0.2, -0.15) is 0 Å². The molecule has 2 N–H and O–H groups in total. The molecular weight excluding hydrogens is 274 g/mol. The molecule has 0 unspecified atom stereocenters. The quantitative estimate of drug-likeness (QED) is 0.851. The van der Waals surface area contributed by atoms with Crippen molar-refractivity contribution in [2.24, 2.45) is 11.7 Å². The number of amides is 3. The highest BCUT2D eigenvalue weighted by Crippen LogP contribution is 2.26. The minimum Gasteiger partial charge on any atom is -0.351 e. The molecule has 2 aliphatic heterocycles. The Morgan fingerprint density at radius 1 is 1.30 bits per heavy atom. The Morgan fingerprint density at radius 2 is 2.15 bits per heavy atom. The maximum atomic E-state index is 12.6. The van der Waals surface area contributed by atoms with Gasteiger partial charge < -0.3 is 15.5 Å². The van der Waals surface area contributed by atoms with Crippen LogP contribution in [0.3, 0.4) is 0 Å². The van der Waals surface area contributed by atoms with E-state index in [1.165, 1.54) is 10.4 Å². The van der Waals surface area contributed by atoms with Gasteiger partial charge in [-0.05, 0) is 36.3 Å². The molecule has 1 atom stereocenters. The van der Waals surface area contributed by atoms with Gasteiger partial charge in [0, 0.05) is 31.1 Å². The second kappa shape index (κ2) is 5.44. The third-order valence-electron chi connectivity index (χ3n) is 4.20. The van der Waals surface area contributed by atoms with E-state index in [0.717, 1.165) is 25.8 Å². The molecule has 3 amide bonds. The summed E-state index contributed by atoms with van der Waals surface area (Å²) in [5.41, 5.74) is 6.60. The van der Waals surface area contributed by atoms with Crippen molar-refractivity contribution in [3.63, 3.8) is 0 Å². The van der Waals surface area contributed by atoms with Crippen LogP contribution < -0.4 is 5.73 Å². The van der Waals surface area contributed by atoms with Gasteiger partial charge in [-0.1, -0.05) is 0 Å². The summed E-state index contributed by atoms with van der Waals surface area (Å²) in [6.45, 7) is 2.65. The molecule has 1 aromatic rings. The number of piperidine rings is 1. The van der Waals surface area contributed by atoms with Gasteiger partial charge >= 0.3 is 6.03 Å². The number of thiophene rings is 1. The maximum absolute atomic E-state index is 12.6. The summed E-state index contributed by atoms with van der Waals surface area (Å²) in [6, 6.07) is 1.69. The first-order valence-corrected chi connectivity index (χ1v) is 7.91. The molecule has 3 rings (SSSR count). The number of hydrogen-bond donors (Lipinski definition) is 1. The average Bonchev–Trinajstić information content (AvgIpc) is 2.94. The number of primary amides is 1. The highest BCUT2D eigenvalue weighted by Gasteiger charge is 2.32. The fourth-order valence-corrected chi connectivity index (χ4v) is 3.96. The van der Waals surface area contributed by atoms with Crippen molar-refractivity contribution in [1.82, 2.24) is 9.80 Å². The zero-order chi connectivity index (χ0) is 14.1. The molecule has 5 nitrogen and oxygen atoms in total. The van der Waals surface area contributed by atoms with Gasteiger partial charge in [-0.15, -0.1) is 11.3 Å². The molecule has 0 spiro atoms. The number of likely N-dealkylation sites (tertiary alicyclic amines) is 1. The predicted octanol–water partition coefficient (Wildman–Crippen LogP) is 1.42. The molecule has 1 fully saturated rings. The summed E-state index contributed by atoms with van der Waals surface area (Å²) in [6.07, 6.45) is 2.66. The molecule has 0 bridgehead atoms. The summed E-state index contributed by atoms with van der Waals surface area (Å²) in [5.74, 6) is 0.0873. The first-order valence-electron chi connectivity index (χ1n) is 7.03. The fourth-order valence-electron chi connectivity index (χ4n) is 3.07. The van der Waals surface area contributed by atoms with Gasteiger partial charge in [0.1, 0.15) is 0 Å². The van der Waals surface area contributed by atoms with Crippen LogP contribution in [-0.2, 0) is 17.8 Å². The van der Waals surface area contributed by atoms with Gasteiger partial charge in [0.05, 0.1) is 5.92 Å². The van der Waals surface area contributed by atoms with Crippen LogP contribution in [0, 0.1) is 5.92 Å². The molecule has 0 aliphatic carbocycles. The van der Waals surface area contributed by atoms with Crippen molar-refractivity contribution in [2.45, 2.75) is 25.8 Å². The summed E-state index contributed by atoms with van der Waals surface area (Å²) in [4.78, 5) is 28.8. The Kier molecular flexibility index (Phi) is 3.65. The van der Waals surface area contributed by atoms with Gasteiger partial charge in [-0.3, -0.25) is 4.79 Å². The molecule has 20 heavy (non-hydrogen) atoms. The summed E-state index contributed by atoms with van der Waals surface area (Å²) in [7, 11) is 0. The number of nitrogens with two attached hydrogens (primary N) is 1. The molecule has 0 saturated carbocycles. The normalized spacial score (nSPS) is 22.5. The van der Waals surface area contributed by atoms with Crippen molar-refractivity contribution in [3.05, 3.63) is 21.9 Å². The second-order valence-electron chi connectivity index (χ2n) is 5.50. The number of carbonyl (C=O) groups excluding carboxylic acids is 2. The smallest absolute Gasteiger partial charge is 0.314 e. The van der Waals surface area contributed by atoms with Crippen LogP contribution in [0.5, 0.6) is 0 Å². The number of hydrogen-bond acceptors (Lipinski definition) is 3. The van der Waals surface area contributed by atoms with Crippen LogP contribution in [-0.4, -0.2) is 41.4 Å². The molecule has 3 heterocycles. The van der Waals surface area contributed by atoms with E-state index in [1.54, 1.807) is 16.2 Å². The minimum absolute atomic E-state index is 0.0866. The molecule has 108 valence electrons. The lowest BCUT2D eigenvalue weighted by molar-refractivity contribution is -0.137. The second-order valence-corrected chi connectivity index (χ2v) is 6.50. The average molecular weight is 293 g/mol. The van der Waals surface area contributed by atoms with Crippen LogP contribution in [0.1, 0.15) is 23.3 Å². The van der Waals surface area contributed by atoms with Gasteiger partial charge in [-0.25, -0.2) is 4.79 Å². The molecule has 2 aliphatic rings. The van der Waals surface area contributed by atoms with E-state index in [9.17, 15) is 9.59 Å². The van der Waals surface area contributed by atoms with E-state index >= 15 is 0 Å². The van der Waals surface area contributed by atoms with Gasteiger partial charge in [0.25, 0.3) is 0 Å². The number of fused-ring (bicyclic) bond motifs is 1. The lowest BCUT2D eigenvalue weighted by atomic mass is 9.95. The molecular formula is C14H19N3O2S. The Balaban J connectivity index is 1.66. The van der Waals surface area contributed by atoms with Crippen LogP contribution in [0.4, 0.5) is 4.79 Å². The van der Waals surface area contributed by atoms with Crippen LogP contribution in [0.2, 0.25) is 0 Å². The Bertz CT molecular complexity index is 528. The van der Waals surface area contributed by atoms with Crippen molar-refractivity contribution in [2.75, 3.05) is 19.6 Å². The van der Waals surface area contributed by atoms with E-state index in [0.29, 0.717) is 19.6 Å². The van der Waals surface area contributed by atoms with Crippen molar-refractivity contribution >= 4 is 23.3 Å². The number of nitrogens with zero attached hydrogens (tertiary/aromatic N) is 2. The minimum atomic E-state index is -0.415. The zero-order valence-corrected chi connectivity index (χ0v) is 12.2. The topological polar surface area (TPSA) is 66.6 Å². The van der Waals surface area contributed by atoms with E-state index in [2.05, 4.69) is 11.4 Å². The number of rotatable bonds is 1. The molecule has 1 saturated heterocycles. The van der Waals surface area contributed by atoms with Gasteiger partial charge in [0.15, 0.2) is 0 Å². The van der Waals surface area contributed by atoms with E-state index < -0.39 is 6.03 Å². The van der Waals surface area contributed by atoms with Gasteiger partial charge in [0.2, 0.25) is 5.91 Å². The summed E-state index contributed by atoms with van der Waals surface area (Å²) >= 11 is 1.77. The van der Waals surface area contributed by atoms with E-state index in [-0.39, 0.29) is 11.8 Å². The van der Waals surface area contributed by atoms with Crippen LogP contribution >= 0.6 is 11.3 Å². The summed E-state index contributed by atoms with van der Waals surface area (Å²) in [5, 5.41) is 2.09. The molecule has 1 aromatic heterocycles. The monoisotopic (exact) mass is 293 g/mol. The summed E-state index contributed by atoms with van der Waals surface area (Å²) < 4.78 is 0. The zero-order valence-electron chi connectivity index (χ0n) is 11.4. The van der Waals surface area contributed by atoms with Crippen LogP contribution in [0.15, 0.2) is 11.4 Å². The Hall–Kier alpha value is -1.56. The highest BCUT2D eigenvalue weighted by atomic mass is 32.1. The van der Waals surface area contributed by atoms with E-state index in [4.69, 9.17) is 5.73 Å². The Morgan fingerprint density at radius 3 is 2.95 bits per heavy atom. The molecule has 0 radical (unpaired) electrons. The Labute approximate surface area is 122 Å². The fraction of sp³-hybridized carbons (Fsp3) is 0.571. The van der Waals surface area contributed by atoms with Crippen molar-refractivity contribution in [1.29, 1.82) is 0 Å². The molecule has 6 heteroatoms. The van der Waals surface area contributed by atoms with Crippen molar-refractivity contribution in [3.8, 4) is 0 Å². The molecule has 0 aromatic carbocycles. The predicted molar refractivity (Wildman–Crippen MR) is 77.3 cm³/mol. The third-order valence-corrected chi connectivity index (χ3v) is 5.22.